The lowest BCUT2D eigenvalue weighted by molar-refractivity contribution is -0.392. The molecule has 286 valence electrons. The number of nitrogens with zero attached hydrogens (tertiary/aromatic N) is 5. The number of amides is 4. The lowest BCUT2D eigenvalue weighted by Crippen LogP contribution is -2.53. The first kappa shape index (κ1) is 36.3. The fraction of sp³-hybridized carbons (Fsp3) is 0.300. The highest BCUT2D eigenvalue weighted by Crippen LogP contribution is 2.64. The average molecular weight is 761 g/mol. The Hall–Kier alpha value is -6.68. The molecule has 1 aromatic heterocycles. The molecule has 2 N–H and O–H groups in total. The Morgan fingerprint density at radius 3 is 2.14 bits per heavy atom. The number of anilines is 3. The number of imide groups is 2. The van der Waals surface area contributed by atoms with Crippen LogP contribution in [0.15, 0.2) is 94.9 Å². The summed E-state index contributed by atoms with van der Waals surface area (Å²) in [5.74, 6) is -6.95. The summed E-state index contributed by atoms with van der Waals surface area (Å²) in [6.07, 6.45) is 1.81. The van der Waals surface area contributed by atoms with Gasteiger partial charge in [-0.1, -0.05) is 59.7 Å². The zero-order valence-corrected chi connectivity index (χ0v) is 30.4. The number of aliphatic hydroxyl groups excluding tert-OH is 1. The summed E-state index contributed by atoms with van der Waals surface area (Å²) < 4.78 is 6.19. The summed E-state index contributed by atoms with van der Waals surface area (Å²) in [6, 6.07) is 21.2. The van der Waals surface area contributed by atoms with Gasteiger partial charge in [0.15, 0.2) is 5.69 Å². The number of carbonyl (C=O) groups is 4. The summed E-state index contributed by atoms with van der Waals surface area (Å²) in [5.41, 5.74) is 2.07. The molecule has 3 aromatic carbocycles. The monoisotopic (exact) mass is 760 g/mol. The quantitative estimate of drug-likeness (QED) is 0.0982. The van der Waals surface area contributed by atoms with Crippen LogP contribution in [0.25, 0.3) is 0 Å². The third kappa shape index (κ3) is 5.23. The highest BCUT2D eigenvalue weighted by atomic mass is 16.6. The van der Waals surface area contributed by atoms with Crippen molar-refractivity contribution in [2.24, 2.45) is 23.7 Å². The summed E-state index contributed by atoms with van der Waals surface area (Å²) in [4.78, 5) is 83.7. The summed E-state index contributed by atoms with van der Waals surface area (Å²) in [6.45, 7) is 1.46. The Bertz CT molecular complexity index is 2340. The average Bonchev–Trinajstić information content (AvgIpc) is 3.82. The van der Waals surface area contributed by atoms with Gasteiger partial charge in [-0.15, -0.1) is 0 Å². The second-order valence-corrected chi connectivity index (χ2v) is 14.8. The number of fused-ring (bicyclic) bond motifs is 4. The third-order valence-electron chi connectivity index (χ3n) is 11.7. The van der Waals surface area contributed by atoms with Gasteiger partial charge in [0, 0.05) is 26.2 Å². The molecule has 2 aliphatic heterocycles. The predicted octanol–water partition coefficient (Wildman–Crippen LogP) is 5.15. The number of nitrogens with one attached hydrogen (secondary N) is 1. The van der Waals surface area contributed by atoms with Crippen LogP contribution in [0.5, 0.6) is 0 Å². The van der Waals surface area contributed by atoms with Crippen LogP contribution in [-0.4, -0.2) is 57.7 Å². The molecule has 56 heavy (non-hydrogen) atoms. The molecule has 0 radical (unpaired) electrons. The number of hydrazine groups is 1. The summed E-state index contributed by atoms with van der Waals surface area (Å²) in [5, 5.41) is 35.4. The molecule has 16 nitrogen and oxygen atoms in total. The number of benzene rings is 3. The van der Waals surface area contributed by atoms with Crippen LogP contribution in [0, 0.1) is 50.8 Å². The number of nitro groups is 2. The molecule has 4 aromatic rings. The maximum Gasteiger partial charge on any atom is 0.301 e. The van der Waals surface area contributed by atoms with Gasteiger partial charge in [0.2, 0.25) is 11.8 Å². The number of carbonyl (C=O) groups excluding carboxylic acids is 4. The van der Waals surface area contributed by atoms with Gasteiger partial charge in [0.1, 0.15) is 23.5 Å². The minimum absolute atomic E-state index is 0.0324. The molecule has 8 rings (SSSR count). The van der Waals surface area contributed by atoms with Crippen LogP contribution >= 0.6 is 0 Å². The van der Waals surface area contributed by atoms with Crippen LogP contribution in [0.4, 0.5) is 28.4 Å². The van der Waals surface area contributed by atoms with Crippen molar-refractivity contribution >= 4 is 52.1 Å². The van der Waals surface area contributed by atoms with E-state index in [2.05, 4.69) is 5.43 Å². The number of hydrogen-bond donors (Lipinski definition) is 2. The standard InChI is InChI=1S/C40H36N6O10/c1-21-9-11-23(12-10-21)41-44-37(49)29-19-28-26(34(32-16-13-25(20-47)56-32)40(29,39(44)51)22-7-5-4-6-8-22)14-15-27-33(28)38(50)43(36(27)48)24-17-30(45(52)53)35(42(2)3)31(18-24)46(54)55/h4-14,16-18,27-29,33-34,41,47H,15,19-20H2,1-3H3. The molecule has 4 aliphatic rings. The number of furan rings is 1. The second-order valence-electron chi connectivity index (χ2n) is 14.8. The largest absolute Gasteiger partial charge is 0.463 e. The van der Waals surface area contributed by atoms with Crippen LogP contribution in [-0.2, 0) is 31.2 Å². The fourth-order valence-corrected chi connectivity index (χ4v) is 9.40. The second kappa shape index (κ2) is 13.3. The van der Waals surface area contributed by atoms with Gasteiger partial charge in [-0.2, -0.15) is 5.01 Å². The normalized spacial score (nSPS) is 25.4. The molecular formula is C40H36N6O10. The molecule has 1 saturated carbocycles. The van der Waals surface area contributed by atoms with Gasteiger partial charge in [0.05, 0.1) is 44.9 Å². The predicted molar refractivity (Wildman–Crippen MR) is 200 cm³/mol. The molecule has 0 bridgehead atoms. The fourth-order valence-electron chi connectivity index (χ4n) is 9.40. The maximum absolute atomic E-state index is 15.2. The lowest BCUT2D eigenvalue weighted by Gasteiger charge is -2.49. The molecular weight excluding hydrogens is 724 g/mol. The molecule has 6 unspecified atom stereocenters. The molecule has 3 fully saturated rings. The minimum Gasteiger partial charge on any atom is -0.463 e. The van der Waals surface area contributed by atoms with E-state index in [1.807, 2.05) is 19.1 Å². The van der Waals surface area contributed by atoms with Gasteiger partial charge in [-0.05, 0) is 55.5 Å². The number of aliphatic hydroxyl groups is 1. The van der Waals surface area contributed by atoms with E-state index < -0.39 is 86.5 Å². The smallest absolute Gasteiger partial charge is 0.301 e. The van der Waals surface area contributed by atoms with Gasteiger partial charge in [-0.25, -0.2) is 4.90 Å². The van der Waals surface area contributed by atoms with E-state index in [0.717, 1.165) is 27.6 Å². The Morgan fingerprint density at radius 2 is 1.55 bits per heavy atom. The number of nitro benzene ring substituents is 2. The maximum atomic E-state index is 15.2. The Balaban J connectivity index is 1.28. The highest BCUT2D eigenvalue weighted by molar-refractivity contribution is 6.23. The van der Waals surface area contributed by atoms with Crippen molar-refractivity contribution in [2.45, 2.75) is 37.7 Å². The van der Waals surface area contributed by atoms with Crippen molar-refractivity contribution in [3.63, 3.8) is 0 Å². The first-order valence-corrected chi connectivity index (χ1v) is 18.0. The Labute approximate surface area is 319 Å². The van der Waals surface area contributed by atoms with E-state index in [1.54, 1.807) is 60.7 Å². The number of rotatable bonds is 9. The van der Waals surface area contributed by atoms with Gasteiger partial charge < -0.3 is 14.4 Å². The highest BCUT2D eigenvalue weighted by Gasteiger charge is 2.71. The summed E-state index contributed by atoms with van der Waals surface area (Å²) in [7, 11) is 2.82. The number of allylic oxidation sites excluding steroid dienone is 2. The molecule has 3 heterocycles. The van der Waals surface area contributed by atoms with E-state index >= 15 is 4.79 Å². The van der Waals surface area contributed by atoms with E-state index in [4.69, 9.17) is 4.42 Å². The van der Waals surface area contributed by atoms with Crippen molar-refractivity contribution in [3.05, 3.63) is 133 Å². The van der Waals surface area contributed by atoms with Crippen molar-refractivity contribution in [2.75, 3.05) is 29.3 Å². The molecule has 4 amide bonds. The zero-order chi connectivity index (χ0) is 39.8. The van der Waals surface area contributed by atoms with Crippen LogP contribution in [0.1, 0.15) is 41.4 Å². The summed E-state index contributed by atoms with van der Waals surface area (Å²) >= 11 is 0. The van der Waals surface area contributed by atoms with Crippen LogP contribution in [0.3, 0.4) is 0 Å². The van der Waals surface area contributed by atoms with E-state index in [9.17, 15) is 39.7 Å². The lowest BCUT2D eigenvalue weighted by atomic mass is 9.50. The van der Waals surface area contributed by atoms with Gasteiger partial charge >= 0.3 is 11.4 Å². The van der Waals surface area contributed by atoms with Crippen molar-refractivity contribution < 1.29 is 38.5 Å². The van der Waals surface area contributed by atoms with Crippen LogP contribution < -0.4 is 15.2 Å². The number of hydrogen-bond acceptors (Lipinski definition) is 12. The molecule has 2 aliphatic carbocycles. The first-order chi connectivity index (χ1) is 26.8. The zero-order valence-electron chi connectivity index (χ0n) is 30.4. The molecule has 6 atom stereocenters. The number of aryl methyl sites for hydroxylation is 1. The van der Waals surface area contributed by atoms with E-state index in [1.165, 1.54) is 19.0 Å². The first-order valence-electron chi connectivity index (χ1n) is 18.0. The SMILES string of the molecule is Cc1ccc(NN2C(=O)C3CC4C(=CCC5C(=O)N(c6cc([N+](=O)[O-])c(N(C)C)c([N+](=O)[O-])c6)C(=O)C54)C(c4ccc(CO)o4)C3(c3ccccc3)C2=O)cc1. The van der Waals surface area contributed by atoms with E-state index in [0.29, 0.717) is 16.8 Å². The topological polar surface area (TPSA) is 210 Å². The third-order valence-corrected chi connectivity index (χ3v) is 11.7. The van der Waals surface area contributed by atoms with E-state index in [-0.39, 0.29) is 35.7 Å². The van der Waals surface area contributed by atoms with Gasteiger partial charge in [0.25, 0.3) is 11.8 Å². The Morgan fingerprint density at radius 1 is 0.893 bits per heavy atom. The molecule has 2 saturated heterocycles. The molecule has 0 spiro atoms. The van der Waals surface area contributed by atoms with Crippen molar-refractivity contribution in [1.29, 1.82) is 0 Å². The molecule has 16 heteroatoms. The van der Waals surface area contributed by atoms with Gasteiger partial charge in [-0.3, -0.25) is 44.8 Å². The Kier molecular flexibility index (Phi) is 8.60. The minimum atomic E-state index is -1.59. The van der Waals surface area contributed by atoms with Crippen molar-refractivity contribution in [3.8, 4) is 0 Å². The van der Waals surface area contributed by atoms with Crippen LogP contribution in [0.2, 0.25) is 0 Å². The van der Waals surface area contributed by atoms with Crippen molar-refractivity contribution in [1.82, 2.24) is 5.01 Å².